The second kappa shape index (κ2) is 3.18. The first kappa shape index (κ1) is 9.59. The third-order valence-corrected chi connectivity index (χ3v) is 2.59. The van der Waals surface area contributed by atoms with E-state index in [0.29, 0.717) is 16.7 Å². The molecule has 3 aromatic rings. The Labute approximate surface area is 94.7 Å². The molecule has 0 saturated carbocycles. The van der Waals surface area contributed by atoms with Gasteiger partial charge in [0.05, 0.1) is 10.9 Å². The van der Waals surface area contributed by atoms with E-state index < -0.39 is 5.91 Å². The van der Waals surface area contributed by atoms with Gasteiger partial charge in [-0.25, -0.2) is 4.98 Å². The van der Waals surface area contributed by atoms with Gasteiger partial charge in [-0.15, -0.1) is 0 Å². The first-order chi connectivity index (χ1) is 8.16. The van der Waals surface area contributed by atoms with E-state index in [9.17, 15) is 9.59 Å². The summed E-state index contributed by atoms with van der Waals surface area (Å²) in [4.78, 5) is 29.3. The van der Waals surface area contributed by atoms with Crippen molar-refractivity contribution in [2.45, 2.75) is 0 Å². The molecule has 1 amide bonds. The number of benzene rings is 1. The molecule has 3 rings (SSSR count). The highest BCUT2D eigenvalue weighted by Crippen LogP contribution is 2.11. The molecule has 0 spiro atoms. The van der Waals surface area contributed by atoms with E-state index in [-0.39, 0.29) is 11.3 Å². The number of hydrogen-bond acceptors (Lipinski definition) is 3. The zero-order valence-corrected chi connectivity index (χ0v) is 8.68. The number of rotatable bonds is 1. The molecular formula is C11H8N4O2. The van der Waals surface area contributed by atoms with Crippen LogP contribution in [0, 0.1) is 0 Å². The number of hydrogen-bond donors (Lipinski definition) is 2. The van der Waals surface area contributed by atoms with Gasteiger partial charge in [0.25, 0.3) is 11.5 Å². The highest BCUT2D eigenvalue weighted by molar-refractivity contribution is 5.92. The van der Waals surface area contributed by atoms with Crippen LogP contribution in [0.4, 0.5) is 0 Å². The largest absolute Gasteiger partial charge is 0.364 e. The predicted molar refractivity (Wildman–Crippen MR) is 61.8 cm³/mol. The minimum absolute atomic E-state index is 0.122. The molecule has 2 aromatic heterocycles. The van der Waals surface area contributed by atoms with Crippen molar-refractivity contribution in [3.63, 3.8) is 0 Å². The maximum atomic E-state index is 11.7. The number of nitrogens with one attached hydrogen (secondary N) is 1. The standard InChI is InChI=1S/C11H8N4O2/c12-9(16)7-5-15-8-4-2-1-3-6(8)10(17)14-11(15)13-7/h1-5H,(H2,12,16)(H,13,14,17). The number of carbonyl (C=O) groups excluding carboxylic acids is 1. The van der Waals surface area contributed by atoms with Crippen LogP contribution in [-0.4, -0.2) is 20.3 Å². The van der Waals surface area contributed by atoms with E-state index in [1.54, 1.807) is 22.6 Å². The van der Waals surface area contributed by atoms with Crippen molar-refractivity contribution in [2.75, 3.05) is 0 Å². The monoisotopic (exact) mass is 228 g/mol. The fourth-order valence-corrected chi connectivity index (χ4v) is 1.82. The first-order valence-electron chi connectivity index (χ1n) is 4.97. The van der Waals surface area contributed by atoms with Crippen LogP contribution >= 0.6 is 0 Å². The van der Waals surface area contributed by atoms with Crippen LogP contribution < -0.4 is 11.3 Å². The third kappa shape index (κ3) is 1.31. The molecule has 6 nitrogen and oxygen atoms in total. The van der Waals surface area contributed by atoms with Crippen molar-refractivity contribution in [3.8, 4) is 0 Å². The molecule has 0 bridgehead atoms. The normalized spacial score (nSPS) is 11.1. The summed E-state index contributed by atoms with van der Waals surface area (Å²) >= 11 is 0. The Balaban J connectivity index is 2.55. The molecular weight excluding hydrogens is 220 g/mol. The summed E-state index contributed by atoms with van der Waals surface area (Å²) < 4.78 is 1.64. The number of fused-ring (bicyclic) bond motifs is 3. The van der Waals surface area contributed by atoms with Crippen LogP contribution in [0.3, 0.4) is 0 Å². The average molecular weight is 228 g/mol. The van der Waals surface area contributed by atoms with Crippen LogP contribution in [-0.2, 0) is 0 Å². The lowest BCUT2D eigenvalue weighted by atomic mass is 10.2. The average Bonchev–Trinajstić information content (AvgIpc) is 2.73. The van der Waals surface area contributed by atoms with Crippen LogP contribution in [0.25, 0.3) is 16.7 Å². The Kier molecular flexibility index (Phi) is 1.79. The van der Waals surface area contributed by atoms with Crippen molar-refractivity contribution in [1.29, 1.82) is 0 Å². The number of para-hydroxylation sites is 1. The van der Waals surface area contributed by atoms with E-state index in [4.69, 9.17) is 5.73 Å². The number of nitrogens with two attached hydrogens (primary N) is 1. The molecule has 2 heterocycles. The summed E-state index contributed by atoms with van der Waals surface area (Å²) in [7, 11) is 0. The summed E-state index contributed by atoms with van der Waals surface area (Å²) in [5.74, 6) is -0.318. The van der Waals surface area contributed by atoms with Crippen molar-refractivity contribution >= 4 is 22.6 Å². The van der Waals surface area contributed by atoms with E-state index in [1.165, 1.54) is 6.20 Å². The minimum atomic E-state index is -0.626. The summed E-state index contributed by atoms with van der Waals surface area (Å²) in [6.45, 7) is 0. The van der Waals surface area contributed by atoms with Crippen molar-refractivity contribution in [3.05, 3.63) is 46.5 Å². The molecule has 0 aliphatic heterocycles. The topological polar surface area (TPSA) is 93.2 Å². The van der Waals surface area contributed by atoms with Crippen molar-refractivity contribution < 1.29 is 4.79 Å². The van der Waals surface area contributed by atoms with Crippen LogP contribution in [0.2, 0.25) is 0 Å². The molecule has 0 unspecified atom stereocenters. The number of H-pyrrole nitrogens is 1. The van der Waals surface area contributed by atoms with E-state index in [1.807, 2.05) is 6.07 Å². The van der Waals surface area contributed by atoms with Gasteiger partial charge < -0.3 is 5.73 Å². The van der Waals surface area contributed by atoms with E-state index in [0.717, 1.165) is 0 Å². The van der Waals surface area contributed by atoms with Gasteiger partial charge in [-0.2, -0.15) is 0 Å². The fraction of sp³-hybridized carbons (Fsp3) is 0. The molecule has 0 radical (unpaired) electrons. The maximum Gasteiger partial charge on any atom is 0.268 e. The lowest BCUT2D eigenvalue weighted by molar-refractivity contribution is 0.0996. The van der Waals surface area contributed by atoms with Gasteiger partial charge in [0.15, 0.2) is 0 Å². The molecule has 1 aromatic carbocycles. The minimum Gasteiger partial charge on any atom is -0.364 e. The lowest BCUT2D eigenvalue weighted by Gasteiger charge is -1.99. The molecule has 84 valence electrons. The number of nitrogens with zero attached hydrogens (tertiary/aromatic N) is 2. The number of amides is 1. The zero-order chi connectivity index (χ0) is 12.0. The van der Waals surface area contributed by atoms with Gasteiger partial charge in [-0.1, -0.05) is 12.1 Å². The zero-order valence-electron chi connectivity index (χ0n) is 8.68. The third-order valence-electron chi connectivity index (χ3n) is 2.59. The van der Waals surface area contributed by atoms with Gasteiger partial charge >= 0.3 is 0 Å². The van der Waals surface area contributed by atoms with Gasteiger partial charge in [0.1, 0.15) is 5.69 Å². The number of imidazole rings is 1. The fourth-order valence-electron chi connectivity index (χ4n) is 1.82. The molecule has 6 heteroatoms. The number of primary amides is 1. The summed E-state index contributed by atoms with van der Waals surface area (Å²) in [5.41, 5.74) is 5.72. The van der Waals surface area contributed by atoms with Crippen LogP contribution in [0.15, 0.2) is 35.3 Å². The summed E-state index contributed by atoms with van der Waals surface area (Å²) in [5, 5.41) is 0.536. The Hall–Kier alpha value is -2.63. The molecule has 0 saturated heterocycles. The summed E-state index contributed by atoms with van der Waals surface area (Å²) in [6.07, 6.45) is 1.51. The van der Waals surface area contributed by atoms with Gasteiger partial charge in [0.2, 0.25) is 5.78 Å². The molecule has 3 N–H and O–H groups in total. The Morgan fingerprint density at radius 3 is 2.88 bits per heavy atom. The second-order valence-electron chi connectivity index (χ2n) is 3.66. The van der Waals surface area contributed by atoms with Gasteiger partial charge in [-0.3, -0.25) is 19.0 Å². The Morgan fingerprint density at radius 2 is 2.12 bits per heavy atom. The number of aromatic amines is 1. The van der Waals surface area contributed by atoms with E-state index >= 15 is 0 Å². The molecule has 0 aliphatic rings. The van der Waals surface area contributed by atoms with Gasteiger partial charge in [-0.05, 0) is 12.1 Å². The lowest BCUT2D eigenvalue weighted by Crippen LogP contribution is -2.11. The smallest absolute Gasteiger partial charge is 0.268 e. The number of aromatic nitrogens is 3. The first-order valence-corrected chi connectivity index (χ1v) is 4.97. The van der Waals surface area contributed by atoms with E-state index in [2.05, 4.69) is 9.97 Å². The second-order valence-corrected chi connectivity index (χ2v) is 3.66. The van der Waals surface area contributed by atoms with Crippen LogP contribution in [0.5, 0.6) is 0 Å². The maximum absolute atomic E-state index is 11.7. The summed E-state index contributed by atoms with van der Waals surface area (Å²) in [6, 6.07) is 7.07. The highest BCUT2D eigenvalue weighted by Gasteiger charge is 2.10. The Morgan fingerprint density at radius 1 is 1.35 bits per heavy atom. The van der Waals surface area contributed by atoms with Crippen molar-refractivity contribution in [2.24, 2.45) is 5.73 Å². The SMILES string of the molecule is NC(=O)c1cn2c(n1)[nH]c(=O)c1ccccc12. The molecule has 0 fully saturated rings. The Bertz CT molecular complexity index is 800. The van der Waals surface area contributed by atoms with Crippen LogP contribution in [0.1, 0.15) is 10.5 Å². The van der Waals surface area contributed by atoms with Crippen molar-refractivity contribution in [1.82, 2.24) is 14.4 Å². The molecule has 0 atom stereocenters. The highest BCUT2D eigenvalue weighted by atomic mass is 16.1. The quantitative estimate of drug-likeness (QED) is 0.626. The molecule has 17 heavy (non-hydrogen) atoms. The van der Waals surface area contributed by atoms with Gasteiger partial charge in [0, 0.05) is 6.20 Å². The molecule has 0 aliphatic carbocycles. The number of carbonyl (C=O) groups is 1. The predicted octanol–water partition coefficient (Wildman–Crippen LogP) is 0.275.